The first kappa shape index (κ1) is 17.6. The molecule has 0 aromatic heterocycles. The summed E-state index contributed by atoms with van der Waals surface area (Å²) in [6, 6.07) is 8.27. The minimum atomic E-state index is 0.234. The number of halogens is 1. The summed E-state index contributed by atoms with van der Waals surface area (Å²) in [5.41, 5.74) is 1.57. The predicted octanol–water partition coefficient (Wildman–Crippen LogP) is 3.02. The maximum absolute atomic E-state index is 6.15. The van der Waals surface area contributed by atoms with Crippen LogP contribution in [0.3, 0.4) is 0 Å². The van der Waals surface area contributed by atoms with Gasteiger partial charge in [0.15, 0.2) is 5.96 Å². The second-order valence-electron chi connectivity index (χ2n) is 7.05. The number of nitrogens with one attached hydrogen (secondary N) is 2. The predicted molar refractivity (Wildman–Crippen MR) is 102 cm³/mol. The van der Waals surface area contributed by atoms with Crippen LogP contribution in [0.15, 0.2) is 29.3 Å². The standard InChI is InChI=1S/C19H29ClN4/c1-21-18(22-10-5-13-24-11-2-3-12-24)23-15-19(8-9-19)16-6-4-7-17(20)14-16/h4,6-7,14H,2-3,5,8-13,15H2,1H3,(H2,21,22,23). The second kappa shape index (κ2) is 8.21. The number of rotatable bonds is 7. The molecule has 0 atom stereocenters. The van der Waals surface area contributed by atoms with Crippen molar-refractivity contribution in [2.75, 3.05) is 39.8 Å². The molecule has 1 saturated heterocycles. The lowest BCUT2D eigenvalue weighted by atomic mass is 9.96. The average Bonchev–Trinajstić information content (AvgIpc) is 3.21. The Morgan fingerprint density at radius 2 is 2.04 bits per heavy atom. The monoisotopic (exact) mass is 348 g/mol. The Labute approximate surface area is 150 Å². The van der Waals surface area contributed by atoms with Crippen LogP contribution in [0.1, 0.15) is 37.7 Å². The van der Waals surface area contributed by atoms with Crippen LogP contribution in [0.2, 0.25) is 5.02 Å². The average molecular weight is 349 g/mol. The van der Waals surface area contributed by atoms with E-state index < -0.39 is 0 Å². The molecule has 0 radical (unpaired) electrons. The van der Waals surface area contributed by atoms with Gasteiger partial charge in [0.25, 0.3) is 0 Å². The van der Waals surface area contributed by atoms with Gasteiger partial charge in [0, 0.05) is 30.6 Å². The van der Waals surface area contributed by atoms with Crippen LogP contribution in [0.25, 0.3) is 0 Å². The van der Waals surface area contributed by atoms with Crippen molar-refractivity contribution in [3.63, 3.8) is 0 Å². The van der Waals surface area contributed by atoms with Crippen LogP contribution >= 0.6 is 11.6 Å². The number of likely N-dealkylation sites (tertiary alicyclic amines) is 1. The molecule has 2 N–H and O–H groups in total. The van der Waals surface area contributed by atoms with E-state index in [1.54, 1.807) is 0 Å². The molecule has 1 heterocycles. The topological polar surface area (TPSA) is 39.7 Å². The fourth-order valence-corrected chi connectivity index (χ4v) is 3.72. The smallest absolute Gasteiger partial charge is 0.191 e. The van der Waals surface area contributed by atoms with Crippen molar-refractivity contribution in [3.05, 3.63) is 34.9 Å². The second-order valence-corrected chi connectivity index (χ2v) is 7.48. The number of guanidine groups is 1. The molecule has 5 heteroatoms. The summed E-state index contributed by atoms with van der Waals surface area (Å²) in [6.07, 6.45) is 6.32. The van der Waals surface area contributed by atoms with E-state index >= 15 is 0 Å². The van der Waals surface area contributed by atoms with Gasteiger partial charge >= 0.3 is 0 Å². The molecule has 2 aliphatic rings. The molecule has 0 amide bonds. The summed E-state index contributed by atoms with van der Waals surface area (Å²) >= 11 is 6.15. The van der Waals surface area contributed by atoms with Gasteiger partial charge in [-0.25, -0.2) is 0 Å². The molecule has 132 valence electrons. The molecule has 4 nitrogen and oxygen atoms in total. The Morgan fingerprint density at radius 1 is 1.25 bits per heavy atom. The van der Waals surface area contributed by atoms with Crippen LogP contribution in [-0.4, -0.2) is 50.6 Å². The zero-order valence-electron chi connectivity index (χ0n) is 14.7. The number of hydrogen-bond donors (Lipinski definition) is 2. The zero-order valence-corrected chi connectivity index (χ0v) is 15.4. The minimum Gasteiger partial charge on any atom is -0.356 e. The highest BCUT2D eigenvalue weighted by atomic mass is 35.5. The molecule has 1 aromatic rings. The highest BCUT2D eigenvalue weighted by Crippen LogP contribution is 2.48. The van der Waals surface area contributed by atoms with E-state index in [1.165, 1.54) is 57.3 Å². The van der Waals surface area contributed by atoms with Gasteiger partial charge < -0.3 is 15.5 Å². The quantitative estimate of drug-likeness (QED) is 0.452. The molecule has 1 saturated carbocycles. The van der Waals surface area contributed by atoms with Crippen molar-refractivity contribution in [3.8, 4) is 0 Å². The van der Waals surface area contributed by atoms with Crippen molar-refractivity contribution >= 4 is 17.6 Å². The summed E-state index contributed by atoms with van der Waals surface area (Å²) in [7, 11) is 1.84. The first-order valence-electron chi connectivity index (χ1n) is 9.15. The lowest BCUT2D eigenvalue weighted by molar-refractivity contribution is 0.334. The Morgan fingerprint density at radius 3 is 2.71 bits per heavy atom. The van der Waals surface area contributed by atoms with E-state index in [-0.39, 0.29) is 5.41 Å². The van der Waals surface area contributed by atoms with Crippen molar-refractivity contribution in [2.24, 2.45) is 4.99 Å². The summed E-state index contributed by atoms with van der Waals surface area (Å²) in [5, 5.41) is 7.77. The van der Waals surface area contributed by atoms with Gasteiger partial charge in [0.05, 0.1) is 0 Å². The summed E-state index contributed by atoms with van der Waals surface area (Å²) in [5.74, 6) is 0.907. The molecule has 0 spiro atoms. The first-order valence-corrected chi connectivity index (χ1v) is 9.53. The van der Waals surface area contributed by atoms with Crippen molar-refractivity contribution < 1.29 is 0 Å². The Balaban J connectivity index is 1.41. The van der Waals surface area contributed by atoms with Crippen LogP contribution < -0.4 is 10.6 Å². The fraction of sp³-hybridized carbons (Fsp3) is 0.632. The summed E-state index contributed by atoms with van der Waals surface area (Å²) in [6.45, 7) is 5.63. The van der Waals surface area contributed by atoms with E-state index in [1.807, 2.05) is 19.2 Å². The largest absolute Gasteiger partial charge is 0.356 e. The summed E-state index contributed by atoms with van der Waals surface area (Å²) < 4.78 is 0. The number of aliphatic imine (C=N–C) groups is 1. The molecule has 1 aromatic carbocycles. The third kappa shape index (κ3) is 4.64. The number of nitrogens with zero attached hydrogens (tertiary/aromatic N) is 2. The van der Waals surface area contributed by atoms with Gasteiger partial charge in [-0.1, -0.05) is 23.7 Å². The molecule has 24 heavy (non-hydrogen) atoms. The third-order valence-corrected chi connectivity index (χ3v) is 5.49. The third-order valence-electron chi connectivity index (χ3n) is 5.25. The maximum Gasteiger partial charge on any atom is 0.191 e. The molecule has 0 unspecified atom stereocenters. The van der Waals surface area contributed by atoms with Gasteiger partial charge in [-0.05, 0) is 69.4 Å². The van der Waals surface area contributed by atoms with Gasteiger partial charge in [-0.15, -0.1) is 0 Å². The van der Waals surface area contributed by atoms with E-state index in [4.69, 9.17) is 11.6 Å². The van der Waals surface area contributed by atoms with Gasteiger partial charge in [0.2, 0.25) is 0 Å². The van der Waals surface area contributed by atoms with Crippen LogP contribution in [0.4, 0.5) is 0 Å². The van der Waals surface area contributed by atoms with Crippen molar-refractivity contribution in [2.45, 2.75) is 37.5 Å². The Kier molecular flexibility index (Phi) is 6.01. The first-order chi connectivity index (χ1) is 11.7. The maximum atomic E-state index is 6.15. The fourth-order valence-electron chi connectivity index (χ4n) is 3.53. The normalized spacial score (nSPS) is 20.2. The van der Waals surface area contributed by atoms with E-state index in [0.29, 0.717) is 0 Å². The lowest BCUT2D eigenvalue weighted by Gasteiger charge is -2.20. The molecular weight excluding hydrogens is 320 g/mol. The zero-order chi connectivity index (χ0) is 16.8. The minimum absolute atomic E-state index is 0.234. The SMILES string of the molecule is CN=C(NCCCN1CCCC1)NCC1(c2cccc(Cl)c2)CC1. The van der Waals surface area contributed by atoms with Crippen molar-refractivity contribution in [1.29, 1.82) is 0 Å². The van der Waals surface area contributed by atoms with E-state index in [9.17, 15) is 0 Å². The number of hydrogen-bond acceptors (Lipinski definition) is 2. The van der Waals surface area contributed by atoms with Crippen LogP contribution in [0.5, 0.6) is 0 Å². The highest BCUT2D eigenvalue weighted by Gasteiger charge is 2.44. The molecule has 2 fully saturated rings. The molecule has 1 aliphatic heterocycles. The molecule has 3 rings (SSSR count). The highest BCUT2D eigenvalue weighted by molar-refractivity contribution is 6.30. The van der Waals surface area contributed by atoms with E-state index in [2.05, 4.69) is 32.7 Å². The van der Waals surface area contributed by atoms with Crippen LogP contribution in [-0.2, 0) is 5.41 Å². The summed E-state index contributed by atoms with van der Waals surface area (Å²) in [4.78, 5) is 6.91. The number of benzene rings is 1. The van der Waals surface area contributed by atoms with Gasteiger partial charge in [-0.2, -0.15) is 0 Å². The van der Waals surface area contributed by atoms with E-state index in [0.717, 1.165) is 24.1 Å². The Hall–Kier alpha value is -1.26. The molecular formula is C19H29ClN4. The van der Waals surface area contributed by atoms with Crippen molar-refractivity contribution in [1.82, 2.24) is 15.5 Å². The van der Waals surface area contributed by atoms with Gasteiger partial charge in [0.1, 0.15) is 0 Å². The molecule has 0 bridgehead atoms. The van der Waals surface area contributed by atoms with Gasteiger partial charge in [-0.3, -0.25) is 4.99 Å². The Bertz CT molecular complexity index is 562. The lowest BCUT2D eigenvalue weighted by Crippen LogP contribution is -2.42. The van der Waals surface area contributed by atoms with Crippen LogP contribution in [0, 0.1) is 0 Å². The molecule has 1 aliphatic carbocycles.